The summed E-state index contributed by atoms with van der Waals surface area (Å²) in [7, 11) is 0. The van der Waals surface area contributed by atoms with Gasteiger partial charge in [-0.25, -0.2) is 9.97 Å². The molecule has 1 N–H and O–H groups in total. The van der Waals surface area contributed by atoms with Crippen LogP contribution in [0.2, 0.25) is 0 Å². The molecule has 2 aromatic rings. The lowest BCUT2D eigenvalue weighted by Crippen LogP contribution is -2.31. The molecular weight excluding hydrogens is 266 g/mol. The SMILES string of the molecule is CC(C)n1c(CC2(C(=O)O)CCCC2)nc2cccnc21. The van der Waals surface area contributed by atoms with Crippen molar-refractivity contribution in [2.24, 2.45) is 5.41 Å². The van der Waals surface area contributed by atoms with Crippen LogP contribution < -0.4 is 0 Å². The van der Waals surface area contributed by atoms with E-state index < -0.39 is 11.4 Å². The molecule has 3 rings (SSSR count). The number of nitrogens with zero attached hydrogens (tertiary/aromatic N) is 3. The molecule has 2 aromatic heterocycles. The third-order valence-electron chi connectivity index (χ3n) is 4.55. The highest BCUT2D eigenvalue weighted by Gasteiger charge is 2.42. The second-order valence-electron chi connectivity index (χ2n) is 6.31. The van der Waals surface area contributed by atoms with Crippen molar-refractivity contribution < 1.29 is 9.90 Å². The van der Waals surface area contributed by atoms with Crippen LogP contribution in [-0.2, 0) is 11.2 Å². The first-order valence-corrected chi connectivity index (χ1v) is 7.59. The molecular formula is C16H21N3O2. The number of aliphatic carboxylic acids is 1. The van der Waals surface area contributed by atoms with Crippen LogP contribution >= 0.6 is 0 Å². The fraction of sp³-hybridized carbons (Fsp3) is 0.562. The van der Waals surface area contributed by atoms with Crippen molar-refractivity contribution in [1.29, 1.82) is 0 Å². The first kappa shape index (κ1) is 14.0. The van der Waals surface area contributed by atoms with Crippen LogP contribution in [0.1, 0.15) is 51.4 Å². The number of rotatable bonds is 4. The molecule has 0 aromatic carbocycles. The van der Waals surface area contributed by atoms with Gasteiger partial charge in [-0.15, -0.1) is 0 Å². The summed E-state index contributed by atoms with van der Waals surface area (Å²) < 4.78 is 2.08. The van der Waals surface area contributed by atoms with Gasteiger partial charge in [-0.3, -0.25) is 4.79 Å². The summed E-state index contributed by atoms with van der Waals surface area (Å²) in [6.07, 6.45) is 5.74. The van der Waals surface area contributed by atoms with Crippen molar-refractivity contribution in [1.82, 2.24) is 14.5 Å². The molecule has 0 saturated heterocycles. The Labute approximate surface area is 124 Å². The Morgan fingerprint density at radius 1 is 1.43 bits per heavy atom. The maximum atomic E-state index is 11.8. The average Bonchev–Trinajstić information content (AvgIpc) is 3.03. The van der Waals surface area contributed by atoms with E-state index in [9.17, 15) is 9.90 Å². The Balaban J connectivity index is 2.07. The van der Waals surface area contributed by atoms with Crippen molar-refractivity contribution in [3.05, 3.63) is 24.2 Å². The lowest BCUT2D eigenvalue weighted by atomic mass is 9.82. The van der Waals surface area contributed by atoms with Gasteiger partial charge >= 0.3 is 5.97 Å². The molecule has 21 heavy (non-hydrogen) atoms. The molecule has 0 aliphatic heterocycles. The monoisotopic (exact) mass is 287 g/mol. The van der Waals surface area contributed by atoms with Gasteiger partial charge in [0.25, 0.3) is 0 Å². The number of carboxylic acids is 1. The minimum atomic E-state index is -0.685. The maximum Gasteiger partial charge on any atom is 0.310 e. The third-order valence-corrected chi connectivity index (χ3v) is 4.55. The summed E-state index contributed by atoms with van der Waals surface area (Å²) in [5, 5.41) is 9.68. The third kappa shape index (κ3) is 2.30. The smallest absolute Gasteiger partial charge is 0.310 e. The quantitative estimate of drug-likeness (QED) is 0.937. The first-order valence-electron chi connectivity index (χ1n) is 7.59. The van der Waals surface area contributed by atoms with Crippen LogP contribution in [0.25, 0.3) is 11.2 Å². The number of pyridine rings is 1. The second kappa shape index (κ2) is 5.13. The number of fused-ring (bicyclic) bond motifs is 1. The van der Waals surface area contributed by atoms with Crippen LogP contribution in [-0.4, -0.2) is 25.6 Å². The largest absolute Gasteiger partial charge is 0.481 e. The molecule has 1 fully saturated rings. The fourth-order valence-corrected chi connectivity index (χ4v) is 3.46. The first-order chi connectivity index (χ1) is 10.0. The minimum Gasteiger partial charge on any atom is -0.481 e. The standard InChI is InChI=1S/C16H21N3O2/c1-11(2)19-13(18-12-6-5-9-17-14(12)19)10-16(15(20)21)7-3-4-8-16/h5-6,9,11H,3-4,7-8,10H2,1-2H3,(H,20,21). The van der Waals surface area contributed by atoms with Gasteiger partial charge in [-0.05, 0) is 38.8 Å². The van der Waals surface area contributed by atoms with Gasteiger partial charge < -0.3 is 9.67 Å². The summed E-state index contributed by atoms with van der Waals surface area (Å²) >= 11 is 0. The molecule has 0 radical (unpaired) electrons. The molecule has 5 nitrogen and oxygen atoms in total. The zero-order valence-corrected chi connectivity index (χ0v) is 12.5. The Kier molecular flexibility index (Phi) is 3.43. The van der Waals surface area contributed by atoms with Crippen molar-refractivity contribution in [2.75, 3.05) is 0 Å². The Morgan fingerprint density at radius 2 is 2.14 bits per heavy atom. The molecule has 0 atom stereocenters. The number of carbonyl (C=O) groups is 1. The molecule has 0 bridgehead atoms. The van der Waals surface area contributed by atoms with E-state index in [1.807, 2.05) is 12.1 Å². The molecule has 1 aliphatic carbocycles. The highest BCUT2D eigenvalue weighted by Crippen LogP contribution is 2.41. The fourth-order valence-electron chi connectivity index (χ4n) is 3.46. The van der Waals surface area contributed by atoms with Crippen molar-refractivity contribution in [3.8, 4) is 0 Å². The number of hydrogen-bond donors (Lipinski definition) is 1. The molecule has 112 valence electrons. The van der Waals surface area contributed by atoms with Crippen LogP contribution in [0.3, 0.4) is 0 Å². The highest BCUT2D eigenvalue weighted by molar-refractivity contribution is 5.76. The number of carboxylic acid groups (broad SMARTS) is 1. The molecule has 2 heterocycles. The lowest BCUT2D eigenvalue weighted by Gasteiger charge is -2.24. The van der Waals surface area contributed by atoms with Gasteiger partial charge in [-0.2, -0.15) is 0 Å². The molecule has 1 saturated carbocycles. The number of hydrogen-bond acceptors (Lipinski definition) is 3. The molecule has 1 aliphatic rings. The summed E-state index contributed by atoms with van der Waals surface area (Å²) in [6, 6.07) is 4.02. The average molecular weight is 287 g/mol. The zero-order valence-electron chi connectivity index (χ0n) is 12.5. The van der Waals surface area contributed by atoms with Crippen LogP contribution in [0.5, 0.6) is 0 Å². The maximum absolute atomic E-state index is 11.8. The van der Waals surface area contributed by atoms with E-state index in [1.54, 1.807) is 6.20 Å². The van der Waals surface area contributed by atoms with Crippen molar-refractivity contribution in [2.45, 2.75) is 52.0 Å². The van der Waals surface area contributed by atoms with Gasteiger partial charge in [0.1, 0.15) is 11.3 Å². The summed E-state index contributed by atoms with van der Waals surface area (Å²) in [6.45, 7) is 4.17. The zero-order chi connectivity index (χ0) is 15.0. The Bertz CT molecular complexity index is 669. The van der Waals surface area contributed by atoms with E-state index >= 15 is 0 Å². The van der Waals surface area contributed by atoms with E-state index in [0.29, 0.717) is 6.42 Å². The predicted molar refractivity (Wildman–Crippen MR) is 80.2 cm³/mol. The van der Waals surface area contributed by atoms with Crippen LogP contribution in [0.4, 0.5) is 0 Å². The van der Waals surface area contributed by atoms with E-state index in [0.717, 1.165) is 42.7 Å². The van der Waals surface area contributed by atoms with Gasteiger partial charge in [-0.1, -0.05) is 12.8 Å². The predicted octanol–water partition coefficient (Wildman–Crippen LogP) is 3.20. The Hall–Kier alpha value is -1.91. The van der Waals surface area contributed by atoms with Crippen LogP contribution in [0, 0.1) is 5.41 Å². The van der Waals surface area contributed by atoms with E-state index in [2.05, 4.69) is 28.4 Å². The summed E-state index contributed by atoms with van der Waals surface area (Å²) in [5.41, 5.74) is 1.05. The second-order valence-corrected chi connectivity index (χ2v) is 6.31. The summed E-state index contributed by atoms with van der Waals surface area (Å²) in [4.78, 5) is 20.9. The van der Waals surface area contributed by atoms with Gasteiger partial charge in [0.2, 0.25) is 0 Å². The molecule has 0 unspecified atom stereocenters. The normalized spacial score (nSPS) is 17.7. The van der Waals surface area contributed by atoms with Crippen LogP contribution in [0.15, 0.2) is 18.3 Å². The van der Waals surface area contributed by atoms with Crippen molar-refractivity contribution >= 4 is 17.1 Å². The van der Waals surface area contributed by atoms with Gasteiger partial charge in [0.05, 0.1) is 5.41 Å². The summed E-state index contributed by atoms with van der Waals surface area (Å²) in [5.74, 6) is 0.165. The topological polar surface area (TPSA) is 68.0 Å². The van der Waals surface area contributed by atoms with E-state index in [4.69, 9.17) is 0 Å². The van der Waals surface area contributed by atoms with E-state index in [1.165, 1.54) is 0 Å². The highest BCUT2D eigenvalue weighted by atomic mass is 16.4. The number of aromatic nitrogens is 3. The van der Waals surface area contributed by atoms with Crippen molar-refractivity contribution in [3.63, 3.8) is 0 Å². The molecule has 0 spiro atoms. The number of imidazole rings is 1. The lowest BCUT2D eigenvalue weighted by molar-refractivity contribution is -0.148. The minimum absolute atomic E-state index is 0.215. The van der Waals surface area contributed by atoms with E-state index in [-0.39, 0.29) is 6.04 Å². The van der Waals surface area contributed by atoms with Gasteiger partial charge in [0, 0.05) is 18.7 Å². The van der Waals surface area contributed by atoms with Gasteiger partial charge in [0.15, 0.2) is 5.65 Å². The molecule has 5 heteroatoms. The Morgan fingerprint density at radius 3 is 2.76 bits per heavy atom. The molecule has 0 amide bonds.